The van der Waals surface area contributed by atoms with Gasteiger partial charge in [-0.1, -0.05) is 18.9 Å². The van der Waals surface area contributed by atoms with Gasteiger partial charge in [-0.2, -0.15) is 0 Å². The summed E-state index contributed by atoms with van der Waals surface area (Å²) in [5, 5.41) is 0. The normalized spacial score (nSPS) is 17.9. The number of hydrogen-bond acceptors (Lipinski definition) is 1. The van der Waals surface area contributed by atoms with Crippen molar-refractivity contribution in [2.75, 3.05) is 0 Å². The predicted octanol–water partition coefficient (Wildman–Crippen LogP) is 3.72. The van der Waals surface area contributed by atoms with E-state index >= 15 is 0 Å². The lowest BCUT2D eigenvalue weighted by atomic mass is 9.92. The number of benzene rings is 1. The summed E-state index contributed by atoms with van der Waals surface area (Å²) in [5.41, 5.74) is 5.98. The van der Waals surface area contributed by atoms with E-state index in [9.17, 15) is 13.2 Å². The van der Waals surface area contributed by atoms with Crippen molar-refractivity contribution >= 4 is 12.4 Å². The molecule has 0 aliphatic heterocycles. The monoisotopic (exact) mass is 265 g/mol. The molecular weight excluding hydrogens is 251 g/mol. The third kappa shape index (κ3) is 2.75. The highest BCUT2D eigenvalue weighted by Gasteiger charge is 2.27. The first kappa shape index (κ1) is 14.3. The number of halogens is 4. The highest BCUT2D eigenvalue weighted by Crippen LogP contribution is 2.35. The average molecular weight is 266 g/mol. The van der Waals surface area contributed by atoms with Crippen LogP contribution in [0.25, 0.3) is 0 Å². The Morgan fingerprint density at radius 2 is 1.65 bits per heavy atom. The molecule has 1 aliphatic carbocycles. The first-order chi connectivity index (χ1) is 7.61. The summed E-state index contributed by atoms with van der Waals surface area (Å²) >= 11 is 0. The lowest BCUT2D eigenvalue weighted by Gasteiger charge is -2.19. The van der Waals surface area contributed by atoms with Gasteiger partial charge in [-0.3, -0.25) is 0 Å². The molecule has 2 rings (SSSR count). The third-order valence-corrected chi connectivity index (χ3v) is 3.33. The van der Waals surface area contributed by atoms with Crippen LogP contribution < -0.4 is 5.73 Å². The van der Waals surface area contributed by atoms with E-state index < -0.39 is 23.5 Å². The summed E-state index contributed by atoms with van der Waals surface area (Å²) in [6, 6.07) is 1.65. The van der Waals surface area contributed by atoms with Gasteiger partial charge in [0.15, 0.2) is 17.5 Å². The molecule has 0 bridgehead atoms. The van der Waals surface area contributed by atoms with Crippen molar-refractivity contribution in [3.63, 3.8) is 0 Å². The fraction of sp³-hybridized carbons (Fsp3) is 0.500. The molecule has 0 spiro atoms. The molecule has 0 radical (unpaired) electrons. The van der Waals surface area contributed by atoms with Crippen LogP contribution in [-0.2, 0) is 0 Å². The molecule has 0 heterocycles. The zero-order chi connectivity index (χ0) is 11.7. The Bertz CT molecular complexity index is 392. The van der Waals surface area contributed by atoms with Crippen molar-refractivity contribution in [2.45, 2.75) is 31.7 Å². The SMILES string of the molecule is Cl.N[C@H](c1ccc(F)c(F)c1F)C1CCCC1. The number of hydrogen-bond donors (Lipinski definition) is 1. The molecule has 1 saturated carbocycles. The Labute approximate surface area is 105 Å². The maximum atomic E-state index is 13.5. The quantitative estimate of drug-likeness (QED) is 0.811. The van der Waals surface area contributed by atoms with Crippen LogP contribution in [0.1, 0.15) is 37.3 Å². The van der Waals surface area contributed by atoms with Gasteiger partial charge in [-0.15, -0.1) is 12.4 Å². The molecule has 0 saturated heterocycles. The molecule has 0 unspecified atom stereocenters. The minimum atomic E-state index is -1.43. The van der Waals surface area contributed by atoms with Crippen LogP contribution in [0.5, 0.6) is 0 Å². The minimum absolute atomic E-state index is 0. The first-order valence-corrected chi connectivity index (χ1v) is 5.50. The van der Waals surface area contributed by atoms with E-state index in [1.165, 1.54) is 6.07 Å². The van der Waals surface area contributed by atoms with Crippen LogP contribution in [0.2, 0.25) is 0 Å². The van der Waals surface area contributed by atoms with Crippen molar-refractivity contribution < 1.29 is 13.2 Å². The summed E-state index contributed by atoms with van der Waals surface area (Å²) in [4.78, 5) is 0. The summed E-state index contributed by atoms with van der Waals surface area (Å²) in [7, 11) is 0. The highest BCUT2D eigenvalue weighted by molar-refractivity contribution is 5.85. The third-order valence-electron chi connectivity index (χ3n) is 3.33. The second kappa shape index (κ2) is 5.74. The Hall–Kier alpha value is -0.740. The summed E-state index contributed by atoms with van der Waals surface area (Å²) in [6.07, 6.45) is 4.01. The van der Waals surface area contributed by atoms with Gasteiger partial charge < -0.3 is 5.73 Å². The standard InChI is InChI=1S/C12H14F3N.ClH/c13-9-6-5-8(10(14)11(9)15)12(16)7-3-1-2-4-7;/h5-7,12H,1-4,16H2;1H/t12-;/m0./s1. The van der Waals surface area contributed by atoms with Gasteiger partial charge in [0.25, 0.3) is 0 Å². The largest absolute Gasteiger partial charge is 0.324 e. The Balaban J connectivity index is 0.00000144. The van der Waals surface area contributed by atoms with Crippen molar-refractivity contribution in [1.82, 2.24) is 0 Å². The Morgan fingerprint density at radius 1 is 1.06 bits per heavy atom. The van der Waals surface area contributed by atoms with Gasteiger partial charge >= 0.3 is 0 Å². The van der Waals surface area contributed by atoms with Crippen molar-refractivity contribution in [3.8, 4) is 0 Å². The van der Waals surface area contributed by atoms with E-state index in [4.69, 9.17) is 5.73 Å². The molecular formula is C12H15ClF3N. The summed E-state index contributed by atoms with van der Waals surface area (Å²) < 4.78 is 39.2. The van der Waals surface area contributed by atoms with Crippen molar-refractivity contribution in [2.24, 2.45) is 11.7 Å². The molecule has 0 aromatic heterocycles. The molecule has 1 aromatic carbocycles. The fourth-order valence-electron chi connectivity index (χ4n) is 2.37. The van der Waals surface area contributed by atoms with E-state index in [1.807, 2.05) is 0 Å². The molecule has 1 aromatic rings. The Morgan fingerprint density at radius 3 is 2.24 bits per heavy atom. The van der Waals surface area contributed by atoms with Crippen molar-refractivity contribution in [1.29, 1.82) is 0 Å². The average Bonchev–Trinajstić information content (AvgIpc) is 2.79. The number of rotatable bonds is 2. The van der Waals surface area contributed by atoms with Crippen LogP contribution in [0.15, 0.2) is 12.1 Å². The minimum Gasteiger partial charge on any atom is -0.324 e. The maximum Gasteiger partial charge on any atom is 0.194 e. The van der Waals surface area contributed by atoms with Gasteiger partial charge in [0, 0.05) is 11.6 Å². The molecule has 1 nitrogen and oxygen atoms in total. The molecule has 96 valence electrons. The van der Waals surface area contributed by atoms with Gasteiger partial charge in [0.2, 0.25) is 0 Å². The van der Waals surface area contributed by atoms with Gasteiger partial charge in [-0.05, 0) is 24.8 Å². The number of nitrogens with two attached hydrogens (primary N) is 1. The van der Waals surface area contributed by atoms with Crippen LogP contribution in [0.3, 0.4) is 0 Å². The highest BCUT2D eigenvalue weighted by atomic mass is 35.5. The predicted molar refractivity (Wildman–Crippen MR) is 62.5 cm³/mol. The summed E-state index contributed by atoms with van der Waals surface area (Å²) in [5.74, 6) is -3.55. The van der Waals surface area contributed by atoms with Crippen LogP contribution >= 0.6 is 12.4 Å². The topological polar surface area (TPSA) is 26.0 Å². The van der Waals surface area contributed by atoms with Gasteiger partial charge in [0.1, 0.15) is 0 Å². The van der Waals surface area contributed by atoms with Crippen LogP contribution in [0.4, 0.5) is 13.2 Å². The van der Waals surface area contributed by atoms with Crippen LogP contribution in [-0.4, -0.2) is 0 Å². The first-order valence-electron chi connectivity index (χ1n) is 5.50. The Kier molecular flexibility index (Phi) is 4.83. The smallest absolute Gasteiger partial charge is 0.194 e. The molecule has 1 aliphatic rings. The van der Waals surface area contributed by atoms with E-state index in [2.05, 4.69) is 0 Å². The second-order valence-electron chi connectivity index (χ2n) is 4.33. The van der Waals surface area contributed by atoms with Gasteiger partial charge in [0.05, 0.1) is 0 Å². The second-order valence-corrected chi connectivity index (χ2v) is 4.33. The van der Waals surface area contributed by atoms with E-state index in [0.29, 0.717) is 0 Å². The van der Waals surface area contributed by atoms with Crippen LogP contribution in [0, 0.1) is 23.4 Å². The van der Waals surface area contributed by atoms with E-state index in [1.54, 1.807) is 0 Å². The lowest BCUT2D eigenvalue weighted by Crippen LogP contribution is -2.21. The fourth-order valence-corrected chi connectivity index (χ4v) is 2.37. The molecule has 2 N–H and O–H groups in total. The van der Waals surface area contributed by atoms with E-state index in [0.717, 1.165) is 31.7 Å². The maximum absolute atomic E-state index is 13.5. The summed E-state index contributed by atoms with van der Waals surface area (Å²) in [6.45, 7) is 0. The zero-order valence-electron chi connectivity index (χ0n) is 9.26. The van der Waals surface area contributed by atoms with Gasteiger partial charge in [-0.25, -0.2) is 13.2 Å². The lowest BCUT2D eigenvalue weighted by molar-refractivity contribution is 0.399. The molecule has 0 amide bonds. The molecule has 1 atom stereocenters. The zero-order valence-corrected chi connectivity index (χ0v) is 10.1. The van der Waals surface area contributed by atoms with Crippen molar-refractivity contribution in [3.05, 3.63) is 35.1 Å². The molecule has 5 heteroatoms. The van der Waals surface area contributed by atoms with E-state index in [-0.39, 0.29) is 23.9 Å². The molecule has 17 heavy (non-hydrogen) atoms. The molecule has 1 fully saturated rings.